The highest BCUT2D eigenvalue weighted by molar-refractivity contribution is 6.07. The lowest BCUT2D eigenvalue weighted by Gasteiger charge is -2.07. The van der Waals surface area contributed by atoms with Crippen LogP contribution in [0.2, 0.25) is 0 Å². The summed E-state index contributed by atoms with van der Waals surface area (Å²) >= 11 is 0. The second-order valence-electron chi connectivity index (χ2n) is 5.01. The topological polar surface area (TPSA) is 74.6 Å². The maximum Gasteiger partial charge on any atom is 0.272 e. The van der Waals surface area contributed by atoms with Crippen LogP contribution in [0.4, 0.5) is 0 Å². The molecule has 3 rings (SSSR count). The van der Waals surface area contributed by atoms with E-state index in [0.29, 0.717) is 17.7 Å². The van der Waals surface area contributed by atoms with Crippen molar-refractivity contribution in [2.75, 3.05) is 0 Å². The molecule has 2 aromatic rings. The van der Waals surface area contributed by atoms with Gasteiger partial charge in [0.2, 0.25) is 0 Å². The number of aryl methyl sites for hydroxylation is 2. The maximum absolute atomic E-state index is 11.9. The second-order valence-corrected chi connectivity index (χ2v) is 5.01. The minimum atomic E-state index is -0.309. The number of aromatic hydroxyl groups is 1. The van der Waals surface area contributed by atoms with Crippen LogP contribution in [0, 0.1) is 6.92 Å². The van der Waals surface area contributed by atoms with Gasteiger partial charge < -0.3 is 5.11 Å². The lowest BCUT2D eigenvalue weighted by Crippen LogP contribution is -2.19. The second kappa shape index (κ2) is 5.36. The number of benzene rings is 1. The van der Waals surface area contributed by atoms with Crippen molar-refractivity contribution in [1.29, 1.82) is 0 Å². The summed E-state index contributed by atoms with van der Waals surface area (Å²) in [4.78, 5) is 15.8. The van der Waals surface area contributed by atoms with E-state index in [4.69, 9.17) is 0 Å². The molecule has 1 aliphatic carbocycles. The SMILES string of the molecule is Cc1ccc2c(c1O)/C(=N/NC(=O)c1cccnc1)CC2. The molecule has 0 unspecified atom stereocenters. The highest BCUT2D eigenvalue weighted by Crippen LogP contribution is 2.32. The van der Waals surface area contributed by atoms with Crippen molar-refractivity contribution in [2.24, 2.45) is 5.10 Å². The normalized spacial score (nSPS) is 15.0. The molecule has 21 heavy (non-hydrogen) atoms. The van der Waals surface area contributed by atoms with Gasteiger partial charge in [-0.2, -0.15) is 5.10 Å². The molecular weight excluding hydrogens is 266 g/mol. The summed E-state index contributed by atoms with van der Waals surface area (Å²) < 4.78 is 0. The van der Waals surface area contributed by atoms with E-state index >= 15 is 0 Å². The fourth-order valence-corrected chi connectivity index (χ4v) is 2.44. The molecule has 5 nitrogen and oxygen atoms in total. The van der Waals surface area contributed by atoms with Crippen molar-refractivity contribution in [3.8, 4) is 5.75 Å². The Balaban J connectivity index is 1.85. The average Bonchev–Trinajstić information content (AvgIpc) is 2.93. The largest absolute Gasteiger partial charge is 0.507 e. The Morgan fingerprint density at radius 2 is 2.19 bits per heavy atom. The molecule has 5 heteroatoms. The van der Waals surface area contributed by atoms with E-state index in [9.17, 15) is 9.90 Å². The van der Waals surface area contributed by atoms with E-state index in [1.165, 1.54) is 6.20 Å². The van der Waals surface area contributed by atoms with Crippen LogP contribution in [-0.4, -0.2) is 21.7 Å². The number of phenols is 1. The van der Waals surface area contributed by atoms with Gasteiger partial charge in [0.05, 0.1) is 11.3 Å². The van der Waals surface area contributed by atoms with Crippen molar-refractivity contribution in [1.82, 2.24) is 10.4 Å². The summed E-state index contributed by atoms with van der Waals surface area (Å²) in [6.07, 6.45) is 4.63. The Bertz CT molecular complexity index is 724. The molecule has 1 aliphatic rings. The van der Waals surface area contributed by atoms with Crippen LogP contribution in [0.25, 0.3) is 0 Å². The summed E-state index contributed by atoms with van der Waals surface area (Å²) in [5.74, 6) is -0.0597. The molecule has 1 amide bonds. The fourth-order valence-electron chi connectivity index (χ4n) is 2.44. The third-order valence-electron chi connectivity index (χ3n) is 3.60. The predicted molar refractivity (Wildman–Crippen MR) is 79.4 cm³/mol. The van der Waals surface area contributed by atoms with Gasteiger partial charge in [0.15, 0.2) is 0 Å². The maximum atomic E-state index is 11.9. The third-order valence-corrected chi connectivity index (χ3v) is 3.60. The predicted octanol–water partition coefficient (Wildman–Crippen LogP) is 2.18. The van der Waals surface area contributed by atoms with E-state index in [1.807, 2.05) is 19.1 Å². The lowest BCUT2D eigenvalue weighted by molar-refractivity contribution is 0.0954. The number of hydrogen-bond acceptors (Lipinski definition) is 4. The molecule has 1 heterocycles. The Labute approximate surface area is 122 Å². The number of amides is 1. The molecule has 0 aliphatic heterocycles. The molecule has 0 atom stereocenters. The fraction of sp³-hybridized carbons (Fsp3) is 0.188. The minimum Gasteiger partial charge on any atom is -0.507 e. The zero-order valence-corrected chi connectivity index (χ0v) is 11.6. The van der Waals surface area contributed by atoms with Gasteiger partial charge in [-0.05, 0) is 43.0 Å². The number of hydrogen-bond donors (Lipinski definition) is 2. The van der Waals surface area contributed by atoms with E-state index < -0.39 is 0 Å². The first-order chi connectivity index (χ1) is 10.2. The number of phenolic OH excluding ortho intramolecular Hbond substituents is 1. The first-order valence-corrected chi connectivity index (χ1v) is 6.75. The Morgan fingerprint density at radius 1 is 1.33 bits per heavy atom. The molecule has 0 saturated heterocycles. The Kier molecular flexibility index (Phi) is 3.39. The number of rotatable bonds is 2. The van der Waals surface area contributed by atoms with Gasteiger partial charge in [-0.25, -0.2) is 5.43 Å². The van der Waals surface area contributed by atoms with Gasteiger partial charge >= 0.3 is 0 Å². The average molecular weight is 281 g/mol. The van der Waals surface area contributed by atoms with Crippen LogP contribution >= 0.6 is 0 Å². The van der Waals surface area contributed by atoms with Gasteiger partial charge in [-0.15, -0.1) is 0 Å². The van der Waals surface area contributed by atoms with E-state index in [2.05, 4.69) is 15.5 Å². The molecule has 0 radical (unpaired) electrons. The number of aromatic nitrogens is 1. The first kappa shape index (κ1) is 13.3. The van der Waals surface area contributed by atoms with Crippen LogP contribution in [0.3, 0.4) is 0 Å². The Morgan fingerprint density at radius 3 is 2.95 bits per heavy atom. The standard InChI is InChI=1S/C16H15N3O2/c1-10-4-5-11-6-7-13(14(11)15(10)20)18-19-16(21)12-3-2-8-17-9-12/h2-5,8-9,20H,6-7H2,1H3,(H,19,21)/b18-13+. The van der Waals surface area contributed by atoms with Crippen LogP contribution < -0.4 is 5.43 Å². The van der Waals surface area contributed by atoms with Crippen molar-refractivity contribution in [3.05, 3.63) is 58.9 Å². The van der Waals surface area contributed by atoms with Gasteiger partial charge in [0, 0.05) is 18.0 Å². The zero-order chi connectivity index (χ0) is 14.8. The summed E-state index contributed by atoms with van der Waals surface area (Å²) in [7, 11) is 0. The molecule has 0 spiro atoms. The van der Waals surface area contributed by atoms with Crippen molar-refractivity contribution in [2.45, 2.75) is 19.8 Å². The molecule has 0 saturated carbocycles. The van der Waals surface area contributed by atoms with Crippen molar-refractivity contribution >= 4 is 11.6 Å². The smallest absolute Gasteiger partial charge is 0.272 e. The Hall–Kier alpha value is -2.69. The highest BCUT2D eigenvalue weighted by atomic mass is 16.3. The van der Waals surface area contributed by atoms with Crippen LogP contribution in [0.15, 0.2) is 41.8 Å². The van der Waals surface area contributed by atoms with E-state index in [0.717, 1.165) is 23.1 Å². The molecule has 2 N–H and O–H groups in total. The lowest BCUT2D eigenvalue weighted by atomic mass is 10.0. The van der Waals surface area contributed by atoms with Crippen molar-refractivity contribution in [3.63, 3.8) is 0 Å². The van der Waals surface area contributed by atoms with Crippen LogP contribution in [0.5, 0.6) is 5.75 Å². The molecule has 106 valence electrons. The number of pyridine rings is 1. The molecule has 1 aromatic heterocycles. The van der Waals surface area contributed by atoms with Crippen LogP contribution in [0.1, 0.15) is 33.5 Å². The summed E-state index contributed by atoms with van der Waals surface area (Å²) in [5, 5.41) is 14.3. The summed E-state index contributed by atoms with van der Waals surface area (Å²) in [6.45, 7) is 1.85. The minimum absolute atomic E-state index is 0.249. The van der Waals surface area contributed by atoms with Gasteiger partial charge in [-0.3, -0.25) is 9.78 Å². The number of carbonyl (C=O) groups excluding carboxylic acids is 1. The van der Waals surface area contributed by atoms with E-state index in [-0.39, 0.29) is 11.7 Å². The number of hydrazone groups is 1. The van der Waals surface area contributed by atoms with Gasteiger partial charge in [-0.1, -0.05) is 12.1 Å². The first-order valence-electron chi connectivity index (χ1n) is 6.75. The van der Waals surface area contributed by atoms with E-state index in [1.54, 1.807) is 18.3 Å². The number of nitrogens with one attached hydrogen (secondary N) is 1. The van der Waals surface area contributed by atoms with Gasteiger partial charge in [0.1, 0.15) is 5.75 Å². The molecule has 0 fully saturated rings. The number of carbonyl (C=O) groups is 1. The van der Waals surface area contributed by atoms with Gasteiger partial charge in [0.25, 0.3) is 5.91 Å². The summed E-state index contributed by atoms with van der Waals surface area (Å²) in [6, 6.07) is 7.26. The number of fused-ring (bicyclic) bond motifs is 1. The number of nitrogens with zero attached hydrogens (tertiary/aromatic N) is 2. The molecule has 0 bridgehead atoms. The highest BCUT2D eigenvalue weighted by Gasteiger charge is 2.22. The third kappa shape index (κ3) is 2.50. The molecular formula is C16H15N3O2. The van der Waals surface area contributed by atoms with Crippen LogP contribution in [-0.2, 0) is 6.42 Å². The zero-order valence-electron chi connectivity index (χ0n) is 11.6. The van der Waals surface area contributed by atoms with Crippen molar-refractivity contribution < 1.29 is 9.90 Å². The molecule has 1 aromatic carbocycles. The monoisotopic (exact) mass is 281 g/mol. The summed E-state index contributed by atoms with van der Waals surface area (Å²) in [5.41, 5.74) is 6.31. The quantitative estimate of drug-likeness (QED) is 0.828.